The summed E-state index contributed by atoms with van der Waals surface area (Å²) in [6.07, 6.45) is 0.733. The fourth-order valence-electron chi connectivity index (χ4n) is 1.51. The lowest BCUT2D eigenvalue weighted by atomic mass is 10.5. The average molecular weight is 331 g/mol. The largest absolute Gasteiger partial charge is 0.461 e. The van der Waals surface area contributed by atoms with Crippen LogP contribution in [0.5, 0.6) is 6.01 Å². The molecule has 0 unspecified atom stereocenters. The maximum Gasteiger partial charge on any atom is 0.343 e. The highest BCUT2D eigenvalue weighted by molar-refractivity contribution is 7.99. The number of nitrogens with one attached hydrogen (secondary N) is 1. The molecule has 0 radical (unpaired) electrons. The fourth-order valence-corrected chi connectivity index (χ4v) is 2.50. The lowest BCUT2D eigenvalue weighted by Crippen LogP contribution is -2.17. The van der Waals surface area contributed by atoms with Crippen molar-refractivity contribution in [2.24, 2.45) is 0 Å². The maximum absolute atomic E-state index is 11.6. The topological polar surface area (TPSA) is 98.6 Å². The lowest BCUT2D eigenvalue weighted by molar-refractivity contribution is 0.219. The van der Waals surface area contributed by atoms with Crippen molar-refractivity contribution in [1.82, 2.24) is 29.7 Å². The molecule has 0 bridgehead atoms. The first-order valence-electron chi connectivity index (χ1n) is 6.41. The Labute approximate surface area is 130 Å². The quantitative estimate of drug-likeness (QED) is 0.861. The number of halogens is 1. The molecule has 0 saturated heterocycles. The van der Waals surface area contributed by atoms with Gasteiger partial charge >= 0.3 is 11.7 Å². The van der Waals surface area contributed by atoms with Crippen LogP contribution in [-0.2, 0) is 6.54 Å². The predicted octanol–water partition coefficient (Wildman–Crippen LogP) is 1.76. The molecular weight excluding hydrogens is 316 g/mol. The van der Waals surface area contributed by atoms with Crippen LogP contribution in [0, 0.1) is 0 Å². The third-order valence-electron chi connectivity index (χ3n) is 2.26. The summed E-state index contributed by atoms with van der Waals surface area (Å²) >= 11 is 6.98. The Kier molecular flexibility index (Phi) is 5.18. The van der Waals surface area contributed by atoms with Gasteiger partial charge in [0.15, 0.2) is 5.16 Å². The summed E-state index contributed by atoms with van der Waals surface area (Å²) in [5.74, 6) is 0. The van der Waals surface area contributed by atoms with Crippen molar-refractivity contribution in [3.63, 3.8) is 0 Å². The van der Waals surface area contributed by atoms with Gasteiger partial charge in [0.2, 0.25) is 10.4 Å². The molecule has 114 valence electrons. The van der Waals surface area contributed by atoms with Crippen LogP contribution in [0.15, 0.2) is 15.1 Å². The molecule has 0 atom stereocenters. The monoisotopic (exact) mass is 330 g/mol. The van der Waals surface area contributed by atoms with Crippen LogP contribution in [0.3, 0.4) is 0 Å². The summed E-state index contributed by atoms with van der Waals surface area (Å²) in [7, 11) is 0. The predicted molar refractivity (Wildman–Crippen MR) is 77.9 cm³/mol. The number of hydrogen-bond donors (Lipinski definition) is 1. The highest BCUT2D eigenvalue weighted by Crippen LogP contribution is 2.24. The van der Waals surface area contributed by atoms with Crippen LogP contribution >= 0.6 is 23.4 Å². The Morgan fingerprint density at radius 2 is 2.14 bits per heavy atom. The molecule has 0 saturated carbocycles. The molecule has 0 fully saturated rings. The molecule has 0 spiro atoms. The number of hydrogen-bond acceptors (Lipinski definition) is 7. The number of aromatic amines is 1. The summed E-state index contributed by atoms with van der Waals surface area (Å²) in [6, 6.07) is 0.146. The maximum atomic E-state index is 11.6. The molecule has 8 nitrogen and oxygen atoms in total. The van der Waals surface area contributed by atoms with Crippen LogP contribution in [0.4, 0.5) is 0 Å². The van der Waals surface area contributed by atoms with Gasteiger partial charge in [-0.3, -0.25) is 4.57 Å². The van der Waals surface area contributed by atoms with Gasteiger partial charge in [-0.05, 0) is 43.6 Å². The minimum absolute atomic E-state index is 0.0306. The van der Waals surface area contributed by atoms with E-state index in [9.17, 15) is 4.79 Å². The zero-order chi connectivity index (χ0) is 15.4. The molecule has 0 aliphatic rings. The Bertz CT molecular complexity index is 671. The smallest absolute Gasteiger partial charge is 0.343 e. The van der Waals surface area contributed by atoms with Gasteiger partial charge in [0.25, 0.3) is 0 Å². The van der Waals surface area contributed by atoms with Gasteiger partial charge in [-0.1, -0.05) is 6.92 Å². The normalized spacial score (nSPS) is 11.1. The van der Waals surface area contributed by atoms with E-state index in [1.54, 1.807) is 0 Å². The second kappa shape index (κ2) is 6.90. The third-order valence-corrected chi connectivity index (χ3v) is 3.29. The molecular formula is C11H15ClN6O2S. The molecule has 0 aromatic carbocycles. The Hall–Kier alpha value is -1.61. The van der Waals surface area contributed by atoms with Crippen LogP contribution in [-0.4, -0.2) is 35.8 Å². The molecule has 0 aliphatic heterocycles. The van der Waals surface area contributed by atoms with E-state index in [0.717, 1.165) is 18.2 Å². The molecule has 2 aromatic rings. The van der Waals surface area contributed by atoms with Gasteiger partial charge in [0, 0.05) is 6.54 Å². The SMILES string of the molecule is CCCn1c(Sc2nc(Cl)nc(OC(C)C)n2)n[nH]c1=O. The highest BCUT2D eigenvalue weighted by atomic mass is 35.5. The summed E-state index contributed by atoms with van der Waals surface area (Å²) in [4.78, 5) is 23.7. The zero-order valence-electron chi connectivity index (χ0n) is 11.8. The summed E-state index contributed by atoms with van der Waals surface area (Å²) in [6.45, 7) is 6.25. The van der Waals surface area contributed by atoms with E-state index >= 15 is 0 Å². The molecule has 21 heavy (non-hydrogen) atoms. The van der Waals surface area contributed by atoms with E-state index < -0.39 is 0 Å². The molecule has 2 heterocycles. The second-order valence-electron chi connectivity index (χ2n) is 4.40. The molecule has 0 aliphatic carbocycles. The Morgan fingerprint density at radius 1 is 1.38 bits per heavy atom. The zero-order valence-corrected chi connectivity index (χ0v) is 13.4. The van der Waals surface area contributed by atoms with Crippen LogP contribution in [0.1, 0.15) is 27.2 Å². The van der Waals surface area contributed by atoms with E-state index in [1.807, 2.05) is 20.8 Å². The Balaban J connectivity index is 2.27. The van der Waals surface area contributed by atoms with Crippen molar-refractivity contribution >= 4 is 23.4 Å². The number of ether oxygens (including phenoxy) is 1. The van der Waals surface area contributed by atoms with Gasteiger partial charge in [0.1, 0.15) is 0 Å². The van der Waals surface area contributed by atoms with Crippen molar-refractivity contribution < 1.29 is 4.74 Å². The lowest BCUT2D eigenvalue weighted by Gasteiger charge is -2.08. The first-order chi connectivity index (χ1) is 9.99. The Morgan fingerprint density at radius 3 is 2.81 bits per heavy atom. The van der Waals surface area contributed by atoms with Crippen molar-refractivity contribution in [3.05, 3.63) is 15.8 Å². The number of aromatic nitrogens is 6. The fraction of sp³-hybridized carbons (Fsp3) is 0.545. The number of H-pyrrole nitrogens is 1. The van der Waals surface area contributed by atoms with Gasteiger partial charge in [-0.15, -0.1) is 5.10 Å². The van der Waals surface area contributed by atoms with E-state index in [0.29, 0.717) is 16.9 Å². The van der Waals surface area contributed by atoms with Crippen molar-refractivity contribution in [2.75, 3.05) is 0 Å². The van der Waals surface area contributed by atoms with Crippen LogP contribution in [0.2, 0.25) is 5.28 Å². The molecule has 2 rings (SSSR count). The van der Waals surface area contributed by atoms with E-state index in [2.05, 4.69) is 25.1 Å². The molecule has 2 aromatic heterocycles. The average Bonchev–Trinajstić information content (AvgIpc) is 2.70. The summed E-state index contributed by atoms with van der Waals surface area (Å²) in [5.41, 5.74) is -0.266. The first kappa shape index (κ1) is 15.8. The first-order valence-corrected chi connectivity index (χ1v) is 7.60. The van der Waals surface area contributed by atoms with Crippen molar-refractivity contribution in [1.29, 1.82) is 0 Å². The van der Waals surface area contributed by atoms with E-state index in [4.69, 9.17) is 16.3 Å². The van der Waals surface area contributed by atoms with Gasteiger partial charge in [0.05, 0.1) is 6.10 Å². The van der Waals surface area contributed by atoms with Gasteiger partial charge in [-0.25, -0.2) is 9.89 Å². The molecule has 1 N–H and O–H groups in total. The van der Waals surface area contributed by atoms with Crippen molar-refractivity contribution in [3.8, 4) is 6.01 Å². The number of rotatable bonds is 6. The van der Waals surface area contributed by atoms with Crippen LogP contribution in [0.25, 0.3) is 0 Å². The standard InChI is InChI=1S/C11H15ClN6O2S/c1-4-5-18-10(19)16-17-11(18)21-9-14-7(12)13-8(15-9)20-6(2)3/h6H,4-5H2,1-3H3,(H,16,19). The van der Waals surface area contributed by atoms with Crippen LogP contribution < -0.4 is 10.4 Å². The minimum Gasteiger partial charge on any atom is -0.461 e. The third kappa shape index (κ3) is 4.18. The molecule has 10 heteroatoms. The van der Waals surface area contributed by atoms with Gasteiger partial charge < -0.3 is 4.74 Å². The van der Waals surface area contributed by atoms with E-state index in [-0.39, 0.29) is 23.1 Å². The summed E-state index contributed by atoms with van der Waals surface area (Å²) < 4.78 is 6.92. The second-order valence-corrected chi connectivity index (χ2v) is 5.67. The number of nitrogens with zero attached hydrogens (tertiary/aromatic N) is 5. The molecule has 0 amide bonds. The van der Waals surface area contributed by atoms with Crippen molar-refractivity contribution in [2.45, 2.75) is 50.2 Å². The van der Waals surface area contributed by atoms with Gasteiger partial charge in [-0.2, -0.15) is 15.0 Å². The van der Waals surface area contributed by atoms with E-state index in [1.165, 1.54) is 4.57 Å². The summed E-state index contributed by atoms with van der Waals surface area (Å²) in [5, 5.41) is 7.18. The minimum atomic E-state index is -0.266. The highest BCUT2D eigenvalue weighted by Gasteiger charge is 2.14.